The lowest BCUT2D eigenvalue weighted by atomic mass is 10.1. The van der Waals surface area contributed by atoms with E-state index in [1.807, 2.05) is 12.3 Å². The van der Waals surface area contributed by atoms with E-state index in [1.165, 1.54) is 21.8 Å². The molecule has 0 bridgehead atoms. The van der Waals surface area contributed by atoms with Crippen molar-refractivity contribution < 1.29 is 24.5 Å². The summed E-state index contributed by atoms with van der Waals surface area (Å²) < 4.78 is 7.74. The molecule has 8 nitrogen and oxygen atoms in total. The number of carbonyl (C=O) groups is 2. The Morgan fingerprint density at radius 3 is 2.34 bits per heavy atom. The summed E-state index contributed by atoms with van der Waals surface area (Å²) in [5, 5.41) is 18.1. The number of rotatable bonds is 6. The lowest BCUT2D eigenvalue weighted by Crippen LogP contribution is -2.18. The standard InChI is InChI=1S/C17H21N3O.C4H4O4/c1-12-17-14(7-8-18-12)15-11-13(21-4)5-6-16(15)20(17)10-9-19(2)3;5-3(6)1-2-4(7)8/h5-8,11H,9-10H2,1-4H3;1-2H,(H,5,6)(H,7,8)/b;2-1+. The molecule has 2 aromatic heterocycles. The fraction of sp³-hybridized carbons (Fsp3) is 0.286. The average Bonchev–Trinajstić information content (AvgIpc) is 2.99. The maximum Gasteiger partial charge on any atom is 0.328 e. The van der Waals surface area contributed by atoms with Crippen LogP contribution < -0.4 is 4.74 Å². The maximum absolute atomic E-state index is 9.55. The van der Waals surface area contributed by atoms with Crippen molar-refractivity contribution in [3.8, 4) is 5.75 Å². The number of likely N-dealkylation sites (N-methyl/N-ethyl adjacent to an activating group) is 1. The van der Waals surface area contributed by atoms with Crippen LogP contribution in [-0.4, -0.2) is 64.4 Å². The van der Waals surface area contributed by atoms with Crippen molar-refractivity contribution in [1.82, 2.24) is 14.5 Å². The molecule has 0 saturated carbocycles. The molecule has 0 atom stereocenters. The van der Waals surface area contributed by atoms with Crippen LogP contribution in [0.1, 0.15) is 5.69 Å². The highest BCUT2D eigenvalue weighted by molar-refractivity contribution is 6.09. The summed E-state index contributed by atoms with van der Waals surface area (Å²) in [6.07, 6.45) is 3.00. The van der Waals surface area contributed by atoms with Crippen molar-refractivity contribution in [2.24, 2.45) is 0 Å². The number of methoxy groups -OCH3 is 1. The van der Waals surface area contributed by atoms with Gasteiger partial charge >= 0.3 is 11.9 Å². The van der Waals surface area contributed by atoms with Gasteiger partial charge in [-0.1, -0.05) is 0 Å². The molecule has 0 aliphatic heterocycles. The van der Waals surface area contributed by atoms with Crippen LogP contribution in [0, 0.1) is 6.92 Å². The van der Waals surface area contributed by atoms with Crippen molar-refractivity contribution in [3.05, 3.63) is 48.3 Å². The first-order chi connectivity index (χ1) is 13.7. The number of nitrogens with zero attached hydrogens (tertiary/aromatic N) is 3. The quantitative estimate of drug-likeness (QED) is 0.614. The molecule has 8 heteroatoms. The van der Waals surface area contributed by atoms with E-state index in [0.29, 0.717) is 12.2 Å². The lowest BCUT2D eigenvalue weighted by Gasteiger charge is -2.13. The van der Waals surface area contributed by atoms with Crippen molar-refractivity contribution in [3.63, 3.8) is 0 Å². The highest BCUT2D eigenvalue weighted by Gasteiger charge is 2.13. The minimum absolute atomic E-state index is 0.558. The number of pyridine rings is 1. The van der Waals surface area contributed by atoms with E-state index in [9.17, 15) is 9.59 Å². The van der Waals surface area contributed by atoms with Gasteiger partial charge in [0.15, 0.2) is 0 Å². The van der Waals surface area contributed by atoms with Gasteiger partial charge in [-0.3, -0.25) is 4.98 Å². The zero-order chi connectivity index (χ0) is 21.6. The Kier molecular flexibility index (Phi) is 7.33. The first kappa shape index (κ1) is 21.9. The molecule has 0 aliphatic rings. The van der Waals surface area contributed by atoms with Crippen LogP contribution >= 0.6 is 0 Å². The molecular formula is C21H25N3O5. The van der Waals surface area contributed by atoms with Gasteiger partial charge in [-0.15, -0.1) is 0 Å². The van der Waals surface area contributed by atoms with Crippen molar-refractivity contribution in [2.45, 2.75) is 13.5 Å². The number of benzene rings is 1. The van der Waals surface area contributed by atoms with E-state index in [4.69, 9.17) is 14.9 Å². The van der Waals surface area contributed by atoms with Gasteiger partial charge in [-0.05, 0) is 45.3 Å². The summed E-state index contributed by atoms with van der Waals surface area (Å²) >= 11 is 0. The third-order valence-corrected chi connectivity index (χ3v) is 4.30. The molecule has 0 fully saturated rings. The van der Waals surface area contributed by atoms with Gasteiger partial charge in [-0.2, -0.15) is 0 Å². The summed E-state index contributed by atoms with van der Waals surface area (Å²) in [4.78, 5) is 25.8. The number of carboxylic acids is 2. The Hall–Kier alpha value is -3.39. The SMILES string of the molecule is COc1ccc2c(c1)c1ccnc(C)c1n2CCN(C)C.O=C(O)/C=C/C(=O)O. The monoisotopic (exact) mass is 399 g/mol. The molecule has 1 aromatic carbocycles. The Morgan fingerprint density at radius 1 is 1.14 bits per heavy atom. The van der Waals surface area contributed by atoms with Gasteiger partial charge in [0, 0.05) is 47.7 Å². The van der Waals surface area contributed by atoms with E-state index in [2.05, 4.69) is 53.7 Å². The molecule has 0 amide bonds. The second kappa shape index (κ2) is 9.70. The molecule has 0 aliphatic carbocycles. The summed E-state index contributed by atoms with van der Waals surface area (Å²) in [6.45, 7) is 4.02. The number of hydrogen-bond acceptors (Lipinski definition) is 5. The van der Waals surface area contributed by atoms with Crippen molar-refractivity contribution in [2.75, 3.05) is 27.7 Å². The summed E-state index contributed by atoms with van der Waals surface area (Å²) in [7, 11) is 5.91. The van der Waals surface area contributed by atoms with Crippen LogP contribution in [0.2, 0.25) is 0 Å². The Morgan fingerprint density at radius 2 is 1.79 bits per heavy atom. The number of hydrogen-bond donors (Lipinski definition) is 2. The molecule has 0 spiro atoms. The number of aromatic nitrogens is 2. The molecular weight excluding hydrogens is 374 g/mol. The van der Waals surface area contributed by atoms with Crippen LogP contribution in [0.25, 0.3) is 21.8 Å². The third-order valence-electron chi connectivity index (χ3n) is 4.30. The molecule has 0 radical (unpaired) electrons. The first-order valence-electron chi connectivity index (χ1n) is 8.94. The normalized spacial score (nSPS) is 11.1. The van der Waals surface area contributed by atoms with Gasteiger partial charge in [0.1, 0.15) is 5.75 Å². The zero-order valence-electron chi connectivity index (χ0n) is 16.9. The molecule has 3 rings (SSSR count). The van der Waals surface area contributed by atoms with Gasteiger partial charge in [0.05, 0.1) is 18.3 Å². The van der Waals surface area contributed by atoms with Gasteiger partial charge in [0.2, 0.25) is 0 Å². The van der Waals surface area contributed by atoms with Gasteiger partial charge in [0.25, 0.3) is 0 Å². The van der Waals surface area contributed by atoms with Crippen LogP contribution in [-0.2, 0) is 16.1 Å². The molecule has 3 aromatic rings. The van der Waals surface area contributed by atoms with E-state index in [1.54, 1.807) is 7.11 Å². The molecule has 29 heavy (non-hydrogen) atoms. The minimum Gasteiger partial charge on any atom is -0.497 e. The van der Waals surface area contributed by atoms with E-state index < -0.39 is 11.9 Å². The topological polar surface area (TPSA) is 105 Å². The smallest absolute Gasteiger partial charge is 0.328 e. The summed E-state index contributed by atoms with van der Waals surface area (Å²) in [5.74, 6) is -1.62. The van der Waals surface area contributed by atoms with Crippen LogP contribution in [0.3, 0.4) is 0 Å². The number of fused-ring (bicyclic) bond motifs is 3. The molecule has 2 N–H and O–H groups in total. The predicted molar refractivity (Wildman–Crippen MR) is 111 cm³/mol. The highest BCUT2D eigenvalue weighted by Crippen LogP contribution is 2.32. The van der Waals surface area contributed by atoms with Crippen LogP contribution in [0.5, 0.6) is 5.75 Å². The van der Waals surface area contributed by atoms with Crippen molar-refractivity contribution >= 4 is 33.7 Å². The van der Waals surface area contributed by atoms with E-state index >= 15 is 0 Å². The minimum atomic E-state index is -1.26. The molecule has 0 saturated heterocycles. The highest BCUT2D eigenvalue weighted by atomic mass is 16.5. The lowest BCUT2D eigenvalue weighted by molar-refractivity contribution is -0.134. The second-order valence-electron chi connectivity index (χ2n) is 6.64. The number of carboxylic acid groups (broad SMARTS) is 2. The fourth-order valence-electron chi connectivity index (χ4n) is 3.01. The Balaban J connectivity index is 0.000000321. The summed E-state index contributed by atoms with van der Waals surface area (Å²) in [5.41, 5.74) is 3.53. The largest absolute Gasteiger partial charge is 0.497 e. The molecule has 0 unspecified atom stereocenters. The van der Waals surface area contributed by atoms with Crippen LogP contribution in [0.15, 0.2) is 42.6 Å². The summed E-state index contributed by atoms with van der Waals surface area (Å²) in [6, 6.07) is 8.37. The van der Waals surface area contributed by atoms with E-state index in [0.717, 1.165) is 24.5 Å². The average molecular weight is 399 g/mol. The van der Waals surface area contributed by atoms with Gasteiger partial charge in [-0.25, -0.2) is 9.59 Å². The molecule has 154 valence electrons. The third kappa shape index (κ3) is 5.55. The molecule has 2 heterocycles. The number of ether oxygens (including phenoxy) is 1. The first-order valence-corrected chi connectivity index (χ1v) is 8.94. The zero-order valence-corrected chi connectivity index (χ0v) is 16.9. The second-order valence-corrected chi connectivity index (χ2v) is 6.64. The number of aryl methyl sites for hydroxylation is 1. The predicted octanol–water partition coefficient (Wildman–Crippen LogP) is 2.78. The number of aliphatic carboxylic acids is 2. The van der Waals surface area contributed by atoms with E-state index in [-0.39, 0.29) is 0 Å². The Labute approximate surface area is 168 Å². The maximum atomic E-state index is 9.55. The van der Waals surface area contributed by atoms with Crippen LogP contribution in [0.4, 0.5) is 0 Å². The Bertz CT molecular complexity index is 1040. The fourth-order valence-corrected chi connectivity index (χ4v) is 3.01. The van der Waals surface area contributed by atoms with Crippen molar-refractivity contribution in [1.29, 1.82) is 0 Å². The van der Waals surface area contributed by atoms with Gasteiger partial charge < -0.3 is 24.4 Å².